The third-order valence-electron chi connectivity index (χ3n) is 5.07. The third kappa shape index (κ3) is 2.84. The van der Waals surface area contributed by atoms with Crippen LogP contribution in [-0.2, 0) is 20.0 Å². The van der Waals surface area contributed by atoms with Gasteiger partial charge < -0.3 is 9.67 Å². The number of fused-ring (bicyclic) bond motifs is 1. The predicted molar refractivity (Wildman–Crippen MR) is 85.5 cm³/mol. The van der Waals surface area contributed by atoms with Crippen molar-refractivity contribution in [2.75, 3.05) is 13.1 Å². The van der Waals surface area contributed by atoms with Crippen molar-refractivity contribution in [3.63, 3.8) is 0 Å². The molecule has 2 aliphatic rings. The van der Waals surface area contributed by atoms with E-state index in [0.717, 1.165) is 30.8 Å². The standard InChI is InChI=1S/C18H21F2N3O/c1-22-16-6-7-23(9-15(16)21-18(22)11-2-3-11)10-17(24)12-4-5-13(19)14(20)8-12/h4-5,8,11,17,24H,2-3,6-7,9-10H2,1H3/t17-/m1/s1. The molecule has 1 fully saturated rings. The van der Waals surface area contributed by atoms with Crippen molar-refractivity contribution in [1.29, 1.82) is 0 Å². The Morgan fingerprint density at radius 3 is 2.79 bits per heavy atom. The summed E-state index contributed by atoms with van der Waals surface area (Å²) in [5, 5.41) is 10.3. The zero-order chi connectivity index (χ0) is 16.8. The monoisotopic (exact) mass is 333 g/mol. The van der Waals surface area contributed by atoms with Crippen LogP contribution in [0.25, 0.3) is 0 Å². The molecule has 0 spiro atoms. The van der Waals surface area contributed by atoms with Crippen molar-refractivity contribution >= 4 is 0 Å². The number of nitrogens with zero attached hydrogens (tertiary/aromatic N) is 3. The highest BCUT2D eigenvalue weighted by atomic mass is 19.2. The van der Waals surface area contributed by atoms with E-state index in [1.165, 1.54) is 30.4 Å². The van der Waals surface area contributed by atoms with Gasteiger partial charge in [-0.2, -0.15) is 0 Å². The molecule has 0 bridgehead atoms. The molecule has 1 aliphatic carbocycles. The van der Waals surface area contributed by atoms with Crippen molar-refractivity contribution in [3.8, 4) is 0 Å². The lowest BCUT2D eigenvalue weighted by molar-refractivity contribution is 0.104. The highest BCUT2D eigenvalue weighted by molar-refractivity contribution is 5.24. The van der Waals surface area contributed by atoms with Gasteiger partial charge in [0.15, 0.2) is 11.6 Å². The minimum absolute atomic E-state index is 0.389. The third-order valence-corrected chi connectivity index (χ3v) is 5.07. The van der Waals surface area contributed by atoms with E-state index in [9.17, 15) is 13.9 Å². The van der Waals surface area contributed by atoms with Crippen LogP contribution in [0, 0.1) is 11.6 Å². The van der Waals surface area contributed by atoms with Gasteiger partial charge in [0, 0.05) is 44.7 Å². The minimum Gasteiger partial charge on any atom is -0.387 e. The number of hydrogen-bond donors (Lipinski definition) is 1. The van der Waals surface area contributed by atoms with Gasteiger partial charge in [-0.3, -0.25) is 4.90 Å². The summed E-state index contributed by atoms with van der Waals surface area (Å²) >= 11 is 0. The Bertz CT molecular complexity index is 770. The lowest BCUT2D eigenvalue weighted by Crippen LogP contribution is -2.34. The van der Waals surface area contributed by atoms with Gasteiger partial charge in [0.1, 0.15) is 5.82 Å². The molecule has 0 radical (unpaired) electrons. The zero-order valence-electron chi connectivity index (χ0n) is 13.7. The summed E-state index contributed by atoms with van der Waals surface area (Å²) in [7, 11) is 2.09. The highest BCUT2D eigenvalue weighted by Gasteiger charge is 2.32. The number of aromatic nitrogens is 2. The Morgan fingerprint density at radius 2 is 2.08 bits per heavy atom. The molecular formula is C18H21F2N3O. The fraction of sp³-hybridized carbons (Fsp3) is 0.500. The molecule has 0 unspecified atom stereocenters. The van der Waals surface area contributed by atoms with Gasteiger partial charge in [-0.15, -0.1) is 0 Å². The smallest absolute Gasteiger partial charge is 0.159 e. The van der Waals surface area contributed by atoms with E-state index >= 15 is 0 Å². The van der Waals surface area contributed by atoms with Crippen LogP contribution in [0.2, 0.25) is 0 Å². The number of halogens is 2. The number of aliphatic hydroxyl groups excluding tert-OH is 1. The molecule has 0 saturated heterocycles. The molecule has 1 aromatic carbocycles. The quantitative estimate of drug-likeness (QED) is 0.935. The first kappa shape index (κ1) is 15.7. The molecule has 4 nitrogen and oxygen atoms in total. The predicted octanol–water partition coefficient (Wildman–Crippen LogP) is 2.67. The van der Waals surface area contributed by atoms with Crippen LogP contribution in [0.4, 0.5) is 8.78 Å². The molecule has 6 heteroatoms. The largest absolute Gasteiger partial charge is 0.387 e. The van der Waals surface area contributed by atoms with Crippen LogP contribution in [0.1, 0.15) is 47.6 Å². The molecule has 1 aliphatic heterocycles. The second-order valence-corrected chi connectivity index (χ2v) is 6.87. The van der Waals surface area contributed by atoms with Gasteiger partial charge in [0.2, 0.25) is 0 Å². The maximum absolute atomic E-state index is 13.3. The molecule has 4 rings (SSSR count). The molecular weight excluding hydrogens is 312 g/mol. The van der Waals surface area contributed by atoms with E-state index < -0.39 is 17.7 Å². The van der Waals surface area contributed by atoms with E-state index in [1.54, 1.807) is 0 Å². The molecule has 0 amide bonds. The number of rotatable bonds is 4. The van der Waals surface area contributed by atoms with Gasteiger partial charge in [0.25, 0.3) is 0 Å². The average Bonchev–Trinajstić information content (AvgIpc) is 3.35. The number of β-amino-alcohol motifs (C(OH)–C–C–N with tert-alkyl or cyclic N) is 1. The summed E-state index contributed by atoms with van der Waals surface area (Å²) in [6, 6.07) is 3.56. The van der Waals surface area contributed by atoms with Crippen molar-refractivity contribution in [2.45, 2.75) is 37.8 Å². The number of benzene rings is 1. The Morgan fingerprint density at radius 1 is 1.29 bits per heavy atom. The molecule has 1 atom stereocenters. The molecule has 2 aromatic rings. The molecule has 2 heterocycles. The summed E-state index contributed by atoms with van der Waals surface area (Å²) < 4.78 is 28.6. The number of aliphatic hydroxyl groups is 1. The molecule has 1 saturated carbocycles. The lowest BCUT2D eigenvalue weighted by atomic mass is 10.1. The number of hydrogen-bond acceptors (Lipinski definition) is 3. The van der Waals surface area contributed by atoms with Crippen molar-refractivity contribution < 1.29 is 13.9 Å². The molecule has 1 aromatic heterocycles. The van der Waals surface area contributed by atoms with Crippen molar-refractivity contribution in [1.82, 2.24) is 14.5 Å². The molecule has 128 valence electrons. The van der Waals surface area contributed by atoms with Crippen molar-refractivity contribution in [3.05, 3.63) is 52.6 Å². The Balaban J connectivity index is 1.46. The SMILES string of the molecule is Cn1c(C2CC2)nc2c1CCN(C[C@@H](O)c1ccc(F)c(F)c1)C2. The highest BCUT2D eigenvalue weighted by Crippen LogP contribution is 2.40. The van der Waals surface area contributed by atoms with Gasteiger partial charge in [0.05, 0.1) is 11.8 Å². The van der Waals surface area contributed by atoms with E-state index in [4.69, 9.17) is 4.98 Å². The fourth-order valence-corrected chi connectivity index (χ4v) is 3.54. The van der Waals surface area contributed by atoms with Gasteiger partial charge >= 0.3 is 0 Å². The molecule has 24 heavy (non-hydrogen) atoms. The van der Waals surface area contributed by atoms with E-state index in [1.807, 2.05) is 0 Å². The van der Waals surface area contributed by atoms with Crippen LogP contribution in [-0.4, -0.2) is 32.6 Å². The number of imidazole rings is 1. The maximum atomic E-state index is 13.3. The molecule has 1 N–H and O–H groups in total. The fourth-order valence-electron chi connectivity index (χ4n) is 3.54. The Hall–Kier alpha value is -1.79. The lowest BCUT2D eigenvalue weighted by Gasteiger charge is -2.28. The van der Waals surface area contributed by atoms with Crippen LogP contribution >= 0.6 is 0 Å². The van der Waals surface area contributed by atoms with Crippen LogP contribution in [0.15, 0.2) is 18.2 Å². The van der Waals surface area contributed by atoms with Crippen LogP contribution in [0.5, 0.6) is 0 Å². The van der Waals surface area contributed by atoms with E-state index in [-0.39, 0.29) is 0 Å². The topological polar surface area (TPSA) is 41.3 Å². The first-order valence-electron chi connectivity index (χ1n) is 8.42. The summed E-state index contributed by atoms with van der Waals surface area (Å²) in [4.78, 5) is 6.92. The summed E-state index contributed by atoms with van der Waals surface area (Å²) in [5.74, 6) is -0.0224. The minimum atomic E-state index is -0.925. The normalized spacial score (nSPS) is 19.3. The summed E-state index contributed by atoms with van der Waals surface area (Å²) in [5.41, 5.74) is 2.78. The van der Waals surface area contributed by atoms with Crippen LogP contribution in [0.3, 0.4) is 0 Å². The second-order valence-electron chi connectivity index (χ2n) is 6.87. The van der Waals surface area contributed by atoms with Gasteiger partial charge in [-0.05, 0) is 30.5 Å². The van der Waals surface area contributed by atoms with E-state index in [2.05, 4.69) is 16.5 Å². The maximum Gasteiger partial charge on any atom is 0.159 e. The first-order valence-corrected chi connectivity index (χ1v) is 8.42. The van der Waals surface area contributed by atoms with Gasteiger partial charge in [-0.25, -0.2) is 13.8 Å². The second kappa shape index (κ2) is 5.93. The van der Waals surface area contributed by atoms with E-state index in [0.29, 0.717) is 24.6 Å². The zero-order valence-corrected chi connectivity index (χ0v) is 13.7. The summed E-state index contributed by atoms with van der Waals surface area (Å²) in [6.45, 7) is 1.91. The summed E-state index contributed by atoms with van der Waals surface area (Å²) in [6.07, 6.45) is 2.51. The van der Waals surface area contributed by atoms with Crippen molar-refractivity contribution in [2.24, 2.45) is 7.05 Å². The first-order chi connectivity index (χ1) is 11.5. The van der Waals surface area contributed by atoms with Gasteiger partial charge in [-0.1, -0.05) is 6.07 Å². The Labute approximate surface area is 139 Å². The average molecular weight is 333 g/mol. The van der Waals surface area contributed by atoms with Crippen LogP contribution < -0.4 is 0 Å². The Kier molecular flexibility index (Phi) is 3.89.